The Labute approximate surface area is 142 Å². The summed E-state index contributed by atoms with van der Waals surface area (Å²) in [4.78, 5) is 12.5. The molecule has 0 atom stereocenters. The molecule has 0 aromatic heterocycles. The Morgan fingerprint density at radius 2 is 1.25 bits per heavy atom. The average Bonchev–Trinajstić information content (AvgIpc) is 2.63. The van der Waals surface area contributed by atoms with Crippen molar-refractivity contribution in [2.45, 2.75) is 13.0 Å². The molecule has 3 aromatic rings. The third-order valence-corrected chi connectivity index (χ3v) is 3.93. The maximum absolute atomic E-state index is 12.5. The van der Waals surface area contributed by atoms with E-state index in [0.29, 0.717) is 0 Å². The lowest BCUT2D eigenvalue weighted by atomic mass is 9.99. The van der Waals surface area contributed by atoms with Crippen molar-refractivity contribution >= 4 is 11.7 Å². The summed E-state index contributed by atoms with van der Waals surface area (Å²) in [7, 11) is 0. The van der Waals surface area contributed by atoms with Gasteiger partial charge in [0.15, 0.2) is 0 Å². The maximum Gasteiger partial charge on any atom is 0.319 e. The van der Waals surface area contributed by atoms with Gasteiger partial charge >= 0.3 is 6.03 Å². The smallest absolute Gasteiger partial charge is 0.319 e. The van der Waals surface area contributed by atoms with Crippen LogP contribution < -0.4 is 10.6 Å². The van der Waals surface area contributed by atoms with Crippen LogP contribution in [0.25, 0.3) is 0 Å². The Morgan fingerprint density at radius 1 is 0.750 bits per heavy atom. The summed E-state index contributed by atoms with van der Waals surface area (Å²) >= 11 is 0. The number of carbonyl (C=O) groups excluding carboxylic acids is 1. The summed E-state index contributed by atoms with van der Waals surface area (Å²) in [5, 5.41) is 6.01. The van der Waals surface area contributed by atoms with E-state index in [1.807, 2.05) is 91.9 Å². The minimum Gasteiger partial charge on any atom is -0.327 e. The third-order valence-electron chi connectivity index (χ3n) is 3.93. The number of benzene rings is 3. The van der Waals surface area contributed by atoms with Crippen LogP contribution in [-0.2, 0) is 0 Å². The molecule has 0 saturated carbocycles. The number of carbonyl (C=O) groups is 1. The second-order valence-corrected chi connectivity index (χ2v) is 5.67. The highest BCUT2D eigenvalue weighted by Crippen LogP contribution is 2.22. The number of nitrogens with one attached hydrogen (secondary N) is 2. The summed E-state index contributed by atoms with van der Waals surface area (Å²) in [5.41, 5.74) is 3.94. The molecule has 2 N–H and O–H groups in total. The Bertz CT molecular complexity index is 761. The van der Waals surface area contributed by atoms with Gasteiger partial charge < -0.3 is 10.6 Å². The Balaban J connectivity index is 1.82. The summed E-state index contributed by atoms with van der Waals surface area (Å²) in [6.45, 7) is 1.97. The molecular weight excluding hydrogens is 296 g/mol. The molecule has 0 radical (unpaired) electrons. The highest BCUT2D eigenvalue weighted by atomic mass is 16.2. The molecule has 3 aromatic carbocycles. The molecule has 3 nitrogen and oxygen atoms in total. The number of para-hydroxylation sites is 1. The predicted octanol–water partition coefficient (Wildman–Crippen LogP) is 4.91. The number of hydrogen-bond donors (Lipinski definition) is 2. The van der Waals surface area contributed by atoms with Crippen molar-refractivity contribution in [2.75, 3.05) is 5.32 Å². The van der Waals surface area contributed by atoms with Crippen LogP contribution in [0.4, 0.5) is 10.5 Å². The first-order valence-electron chi connectivity index (χ1n) is 7.97. The van der Waals surface area contributed by atoms with Crippen molar-refractivity contribution in [3.8, 4) is 0 Å². The number of anilines is 1. The maximum atomic E-state index is 12.5. The molecule has 3 heteroatoms. The first kappa shape index (κ1) is 15.8. The minimum atomic E-state index is -0.220. The topological polar surface area (TPSA) is 41.1 Å². The van der Waals surface area contributed by atoms with E-state index in [9.17, 15) is 4.79 Å². The van der Waals surface area contributed by atoms with E-state index in [0.717, 1.165) is 22.4 Å². The first-order chi connectivity index (χ1) is 11.7. The molecule has 0 aliphatic heterocycles. The molecule has 0 spiro atoms. The highest BCUT2D eigenvalue weighted by molar-refractivity contribution is 5.90. The second-order valence-electron chi connectivity index (χ2n) is 5.67. The molecule has 0 bridgehead atoms. The van der Waals surface area contributed by atoms with Crippen molar-refractivity contribution in [3.05, 3.63) is 102 Å². The van der Waals surface area contributed by atoms with Gasteiger partial charge in [-0.15, -0.1) is 0 Å². The number of aryl methyl sites for hydroxylation is 1. The van der Waals surface area contributed by atoms with Gasteiger partial charge in [0.05, 0.1) is 6.04 Å². The van der Waals surface area contributed by atoms with Gasteiger partial charge in [0, 0.05) is 5.69 Å². The molecule has 0 unspecified atom stereocenters. The molecular formula is C21H20N2O. The van der Waals surface area contributed by atoms with E-state index in [1.54, 1.807) is 0 Å². The zero-order valence-corrected chi connectivity index (χ0v) is 13.6. The molecule has 120 valence electrons. The summed E-state index contributed by atoms with van der Waals surface area (Å²) < 4.78 is 0. The summed E-state index contributed by atoms with van der Waals surface area (Å²) in [6.07, 6.45) is 0. The van der Waals surface area contributed by atoms with Crippen LogP contribution in [0.2, 0.25) is 0 Å². The predicted molar refractivity (Wildman–Crippen MR) is 98.1 cm³/mol. The lowest BCUT2D eigenvalue weighted by Crippen LogP contribution is -2.33. The van der Waals surface area contributed by atoms with Gasteiger partial charge in [0.2, 0.25) is 0 Å². The van der Waals surface area contributed by atoms with Crippen molar-refractivity contribution in [3.63, 3.8) is 0 Å². The van der Waals surface area contributed by atoms with Gasteiger partial charge in [-0.2, -0.15) is 0 Å². The fourth-order valence-corrected chi connectivity index (χ4v) is 2.65. The van der Waals surface area contributed by atoms with Gasteiger partial charge in [-0.25, -0.2) is 4.79 Å². The van der Waals surface area contributed by atoms with E-state index in [-0.39, 0.29) is 12.1 Å². The standard InChI is InChI=1S/C21H20N2O/c1-16-10-8-9-15-19(16)22-21(24)23-20(17-11-4-2-5-12-17)18-13-6-3-7-14-18/h2-15,20H,1H3,(H2,22,23,24). The van der Waals surface area contributed by atoms with Crippen LogP contribution in [0.15, 0.2) is 84.9 Å². The van der Waals surface area contributed by atoms with Crippen LogP contribution in [0, 0.1) is 6.92 Å². The lowest BCUT2D eigenvalue weighted by molar-refractivity contribution is 0.250. The van der Waals surface area contributed by atoms with Crippen molar-refractivity contribution in [1.29, 1.82) is 0 Å². The molecule has 0 fully saturated rings. The van der Waals surface area contributed by atoms with Gasteiger partial charge in [0.25, 0.3) is 0 Å². The van der Waals surface area contributed by atoms with E-state index in [2.05, 4.69) is 10.6 Å². The lowest BCUT2D eigenvalue weighted by Gasteiger charge is -2.20. The second kappa shape index (κ2) is 7.47. The van der Waals surface area contributed by atoms with Crippen LogP contribution in [-0.4, -0.2) is 6.03 Å². The first-order valence-corrected chi connectivity index (χ1v) is 7.97. The van der Waals surface area contributed by atoms with Gasteiger partial charge in [-0.05, 0) is 29.7 Å². The zero-order chi connectivity index (χ0) is 16.8. The largest absolute Gasteiger partial charge is 0.327 e. The monoisotopic (exact) mass is 316 g/mol. The molecule has 24 heavy (non-hydrogen) atoms. The van der Waals surface area contributed by atoms with Gasteiger partial charge in [-0.1, -0.05) is 78.9 Å². The number of hydrogen-bond acceptors (Lipinski definition) is 1. The van der Waals surface area contributed by atoms with Crippen LogP contribution in [0.5, 0.6) is 0 Å². The van der Waals surface area contributed by atoms with Crippen LogP contribution >= 0.6 is 0 Å². The van der Waals surface area contributed by atoms with E-state index in [1.165, 1.54) is 0 Å². The molecule has 2 amide bonds. The SMILES string of the molecule is Cc1ccccc1NC(=O)NC(c1ccccc1)c1ccccc1. The fraction of sp³-hybridized carbons (Fsp3) is 0.0952. The van der Waals surface area contributed by atoms with Crippen molar-refractivity contribution in [2.24, 2.45) is 0 Å². The van der Waals surface area contributed by atoms with Crippen LogP contribution in [0.3, 0.4) is 0 Å². The Morgan fingerprint density at radius 3 is 1.79 bits per heavy atom. The molecule has 0 heterocycles. The zero-order valence-electron chi connectivity index (χ0n) is 13.6. The minimum absolute atomic E-state index is 0.198. The number of urea groups is 1. The number of amides is 2. The third kappa shape index (κ3) is 3.82. The summed E-state index contributed by atoms with van der Waals surface area (Å²) in [6, 6.07) is 27.3. The normalized spacial score (nSPS) is 10.4. The van der Waals surface area contributed by atoms with E-state index in [4.69, 9.17) is 0 Å². The average molecular weight is 316 g/mol. The Kier molecular flexibility index (Phi) is 4.92. The highest BCUT2D eigenvalue weighted by Gasteiger charge is 2.16. The van der Waals surface area contributed by atoms with Crippen molar-refractivity contribution < 1.29 is 4.79 Å². The quantitative estimate of drug-likeness (QED) is 0.706. The van der Waals surface area contributed by atoms with E-state index < -0.39 is 0 Å². The Hall–Kier alpha value is -3.07. The van der Waals surface area contributed by atoms with Crippen LogP contribution in [0.1, 0.15) is 22.7 Å². The summed E-state index contributed by atoms with van der Waals surface area (Å²) in [5.74, 6) is 0. The van der Waals surface area contributed by atoms with Gasteiger partial charge in [-0.3, -0.25) is 0 Å². The van der Waals surface area contributed by atoms with Gasteiger partial charge in [0.1, 0.15) is 0 Å². The molecule has 3 rings (SSSR count). The fourth-order valence-electron chi connectivity index (χ4n) is 2.65. The molecule has 0 aliphatic carbocycles. The van der Waals surface area contributed by atoms with E-state index >= 15 is 0 Å². The molecule has 0 aliphatic rings. The molecule has 0 saturated heterocycles. The number of rotatable bonds is 4. The van der Waals surface area contributed by atoms with Crippen molar-refractivity contribution in [1.82, 2.24) is 5.32 Å².